The number of amides is 1. The molecular formula is C13H14N4O. The fourth-order valence-corrected chi connectivity index (χ4v) is 1.97. The summed E-state index contributed by atoms with van der Waals surface area (Å²) >= 11 is 0. The average Bonchev–Trinajstić information content (AvgIpc) is 3.13. The summed E-state index contributed by atoms with van der Waals surface area (Å²) in [4.78, 5) is 16.1. The van der Waals surface area contributed by atoms with Crippen LogP contribution in [0.2, 0.25) is 0 Å². The molecule has 0 aliphatic heterocycles. The van der Waals surface area contributed by atoms with Gasteiger partial charge in [-0.2, -0.15) is 0 Å². The summed E-state index contributed by atoms with van der Waals surface area (Å²) in [5.74, 6) is -0.147. The summed E-state index contributed by atoms with van der Waals surface area (Å²) in [6, 6.07) is 5.73. The Balaban J connectivity index is 1.84. The van der Waals surface area contributed by atoms with Crippen molar-refractivity contribution in [1.82, 2.24) is 9.55 Å². The van der Waals surface area contributed by atoms with Crippen LogP contribution in [0, 0.1) is 0 Å². The molecule has 1 aliphatic rings. The zero-order chi connectivity index (χ0) is 12.5. The molecule has 3 rings (SSSR count). The molecule has 1 fully saturated rings. The van der Waals surface area contributed by atoms with E-state index in [2.05, 4.69) is 10.3 Å². The van der Waals surface area contributed by atoms with Gasteiger partial charge in [-0.15, -0.1) is 0 Å². The maximum absolute atomic E-state index is 12.2. The van der Waals surface area contributed by atoms with Crippen LogP contribution in [0.15, 0.2) is 36.8 Å². The Kier molecular flexibility index (Phi) is 2.51. The SMILES string of the molecule is Nc1cc(C(=O)Nc2cccnc2)n(C2CC2)c1. The van der Waals surface area contributed by atoms with Crippen LogP contribution in [0.3, 0.4) is 0 Å². The molecule has 5 heteroatoms. The maximum Gasteiger partial charge on any atom is 0.272 e. The first-order valence-corrected chi connectivity index (χ1v) is 5.93. The van der Waals surface area contributed by atoms with Crippen molar-refractivity contribution in [3.05, 3.63) is 42.5 Å². The van der Waals surface area contributed by atoms with E-state index in [1.165, 1.54) is 0 Å². The fourth-order valence-electron chi connectivity index (χ4n) is 1.97. The van der Waals surface area contributed by atoms with Crippen molar-refractivity contribution in [1.29, 1.82) is 0 Å². The highest BCUT2D eigenvalue weighted by atomic mass is 16.1. The summed E-state index contributed by atoms with van der Waals surface area (Å²) in [6.45, 7) is 0. The molecule has 1 saturated carbocycles. The highest BCUT2D eigenvalue weighted by Gasteiger charge is 2.27. The predicted octanol–water partition coefficient (Wildman–Crippen LogP) is 2.05. The van der Waals surface area contributed by atoms with E-state index in [4.69, 9.17) is 5.73 Å². The number of hydrogen-bond acceptors (Lipinski definition) is 3. The van der Waals surface area contributed by atoms with E-state index in [1.807, 2.05) is 10.8 Å². The predicted molar refractivity (Wildman–Crippen MR) is 69.3 cm³/mol. The molecule has 0 saturated heterocycles. The van der Waals surface area contributed by atoms with Crippen LogP contribution in [0.5, 0.6) is 0 Å². The molecule has 2 aromatic rings. The van der Waals surface area contributed by atoms with E-state index in [9.17, 15) is 4.79 Å². The third-order valence-electron chi connectivity index (χ3n) is 2.96. The minimum absolute atomic E-state index is 0.147. The number of aromatic nitrogens is 2. The zero-order valence-corrected chi connectivity index (χ0v) is 9.84. The van der Waals surface area contributed by atoms with Crippen LogP contribution >= 0.6 is 0 Å². The molecule has 0 unspecified atom stereocenters. The molecule has 0 aromatic carbocycles. The van der Waals surface area contributed by atoms with Crippen molar-refractivity contribution >= 4 is 17.3 Å². The first-order valence-electron chi connectivity index (χ1n) is 5.93. The number of pyridine rings is 1. The Labute approximate surface area is 105 Å². The quantitative estimate of drug-likeness (QED) is 0.865. The van der Waals surface area contributed by atoms with Crippen LogP contribution in [0.4, 0.5) is 11.4 Å². The number of nitrogens with two attached hydrogens (primary N) is 1. The molecule has 2 aromatic heterocycles. The molecule has 1 aliphatic carbocycles. The third-order valence-corrected chi connectivity index (χ3v) is 2.96. The van der Waals surface area contributed by atoms with Gasteiger partial charge in [0.1, 0.15) is 5.69 Å². The van der Waals surface area contributed by atoms with Crippen LogP contribution in [0.1, 0.15) is 29.4 Å². The van der Waals surface area contributed by atoms with E-state index in [0.29, 0.717) is 23.1 Å². The summed E-state index contributed by atoms with van der Waals surface area (Å²) in [6.07, 6.45) is 7.34. The molecule has 0 radical (unpaired) electrons. The smallest absolute Gasteiger partial charge is 0.272 e. The standard InChI is InChI=1S/C13H14N4O/c14-9-6-12(17(8-9)11-3-4-11)13(18)16-10-2-1-5-15-7-10/h1-2,5-8,11H,3-4,14H2,(H,16,18). The molecule has 92 valence electrons. The Hall–Kier alpha value is -2.30. The van der Waals surface area contributed by atoms with Crippen LogP contribution < -0.4 is 11.1 Å². The summed E-state index contributed by atoms with van der Waals surface area (Å²) in [5, 5.41) is 2.82. The lowest BCUT2D eigenvalue weighted by Gasteiger charge is -2.08. The molecule has 3 N–H and O–H groups in total. The van der Waals surface area contributed by atoms with E-state index >= 15 is 0 Å². The summed E-state index contributed by atoms with van der Waals surface area (Å²) in [7, 11) is 0. The number of rotatable bonds is 3. The first kappa shape index (κ1) is 10.8. The van der Waals surface area contributed by atoms with E-state index in [-0.39, 0.29) is 5.91 Å². The largest absolute Gasteiger partial charge is 0.397 e. The topological polar surface area (TPSA) is 72.9 Å². The van der Waals surface area contributed by atoms with Gasteiger partial charge in [0.05, 0.1) is 17.6 Å². The molecule has 0 bridgehead atoms. The number of anilines is 2. The number of hydrogen-bond donors (Lipinski definition) is 2. The molecular weight excluding hydrogens is 228 g/mol. The summed E-state index contributed by atoms with van der Waals surface area (Å²) in [5.41, 5.74) is 7.68. The second kappa shape index (κ2) is 4.18. The fraction of sp³-hybridized carbons (Fsp3) is 0.231. The Morgan fingerprint density at radius 1 is 1.50 bits per heavy atom. The minimum atomic E-state index is -0.147. The monoisotopic (exact) mass is 242 g/mol. The van der Waals surface area contributed by atoms with Crippen molar-refractivity contribution in [2.24, 2.45) is 0 Å². The van der Waals surface area contributed by atoms with Crippen LogP contribution in [-0.2, 0) is 0 Å². The molecule has 2 heterocycles. The minimum Gasteiger partial charge on any atom is -0.397 e. The van der Waals surface area contributed by atoms with Gasteiger partial charge in [-0.1, -0.05) is 0 Å². The number of nitrogens with one attached hydrogen (secondary N) is 1. The van der Waals surface area contributed by atoms with Gasteiger partial charge in [-0.25, -0.2) is 0 Å². The van der Waals surface area contributed by atoms with E-state index in [1.54, 1.807) is 30.6 Å². The number of carbonyl (C=O) groups is 1. The van der Waals surface area contributed by atoms with Crippen molar-refractivity contribution in [3.63, 3.8) is 0 Å². The molecule has 0 spiro atoms. The van der Waals surface area contributed by atoms with E-state index < -0.39 is 0 Å². The second-order valence-electron chi connectivity index (χ2n) is 4.49. The third kappa shape index (κ3) is 2.07. The van der Waals surface area contributed by atoms with Gasteiger partial charge in [-0.05, 0) is 31.0 Å². The van der Waals surface area contributed by atoms with Gasteiger partial charge in [-0.3, -0.25) is 9.78 Å². The Morgan fingerprint density at radius 2 is 2.33 bits per heavy atom. The van der Waals surface area contributed by atoms with Crippen LogP contribution in [0.25, 0.3) is 0 Å². The summed E-state index contributed by atoms with van der Waals surface area (Å²) < 4.78 is 1.96. The van der Waals surface area contributed by atoms with Gasteiger partial charge in [0.15, 0.2) is 0 Å². The second-order valence-corrected chi connectivity index (χ2v) is 4.49. The lowest BCUT2D eigenvalue weighted by Crippen LogP contribution is -2.16. The lowest BCUT2D eigenvalue weighted by molar-refractivity contribution is 0.101. The highest BCUT2D eigenvalue weighted by Crippen LogP contribution is 2.37. The van der Waals surface area contributed by atoms with Crippen molar-refractivity contribution in [2.75, 3.05) is 11.1 Å². The Morgan fingerprint density at radius 3 is 3.00 bits per heavy atom. The van der Waals surface area contributed by atoms with Gasteiger partial charge >= 0.3 is 0 Å². The van der Waals surface area contributed by atoms with Crippen molar-refractivity contribution in [3.8, 4) is 0 Å². The Bertz CT molecular complexity index is 572. The average molecular weight is 242 g/mol. The van der Waals surface area contributed by atoms with Crippen molar-refractivity contribution in [2.45, 2.75) is 18.9 Å². The number of carbonyl (C=O) groups excluding carboxylic acids is 1. The molecule has 18 heavy (non-hydrogen) atoms. The highest BCUT2D eigenvalue weighted by molar-refractivity contribution is 6.03. The molecule has 5 nitrogen and oxygen atoms in total. The van der Waals surface area contributed by atoms with Gasteiger partial charge in [0.25, 0.3) is 5.91 Å². The van der Waals surface area contributed by atoms with Crippen LogP contribution in [-0.4, -0.2) is 15.5 Å². The molecule has 1 amide bonds. The number of nitrogens with zero attached hydrogens (tertiary/aromatic N) is 2. The lowest BCUT2D eigenvalue weighted by atomic mass is 10.3. The maximum atomic E-state index is 12.2. The number of nitrogen functional groups attached to an aromatic ring is 1. The zero-order valence-electron chi connectivity index (χ0n) is 9.84. The van der Waals surface area contributed by atoms with Gasteiger partial charge in [0, 0.05) is 18.4 Å². The molecule has 0 atom stereocenters. The van der Waals surface area contributed by atoms with Gasteiger partial charge in [0.2, 0.25) is 0 Å². The van der Waals surface area contributed by atoms with E-state index in [0.717, 1.165) is 12.8 Å². The van der Waals surface area contributed by atoms with Crippen molar-refractivity contribution < 1.29 is 4.79 Å². The van der Waals surface area contributed by atoms with Gasteiger partial charge < -0.3 is 15.6 Å². The first-order chi connectivity index (χ1) is 8.74. The normalized spacial score (nSPS) is 14.4.